The molecule has 0 bridgehead atoms. The zero-order chi connectivity index (χ0) is 14.5. The van der Waals surface area contributed by atoms with Crippen LogP contribution in [-0.2, 0) is 12.8 Å². The van der Waals surface area contributed by atoms with Crippen molar-refractivity contribution in [2.24, 2.45) is 0 Å². The van der Waals surface area contributed by atoms with Crippen LogP contribution in [0.5, 0.6) is 0 Å². The number of aryl methyl sites for hydroxylation is 2. The number of pyridine rings is 1. The molecule has 0 atom stereocenters. The fourth-order valence-corrected chi connectivity index (χ4v) is 2.17. The van der Waals surface area contributed by atoms with Crippen molar-refractivity contribution in [1.82, 2.24) is 4.98 Å². The van der Waals surface area contributed by atoms with Gasteiger partial charge in [0.2, 0.25) is 0 Å². The Kier molecular flexibility index (Phi) is 4.35. The van der Waals surface area contributed by atoms with Crippen LogP contribution < -0.4 is 5.32 Å². The molecule has 0 aliphatic heterocycles. The van der Waals surface area contributed by atoms with Gasteiger partial charge in [-0.2, -0.15) is 0 Å². The lowest BCUT2D eigenvalue weighted by Gasteiger charge is -2.15. The van der Waals surface area contributed by atoms with Gasteiger partial charge in [0.1, 0.15) is 5.69 Å². The number of carboxylic acids is 1. The van der Waals surface area contributed by atoms with E-state index in [-0.39, 0.29) is 5.69 Å². The van der Waals surface area contributed by atoms with Gasteiger partial charge in [-0.15, -0.1) is 0 Å². The Morgan fingerprint density at radius 1 is 1.20 bits per heavy atom. The molecule has 2 aromatic rings. The maximum absolute atomic E-state index is 11.0. The molecular formula is C16H18N2O2. The van der Waals surface area contributed by atoms with Gasteiger partial charge in [0.05, 0.1) is 0 Å². The van der Waals surface area contributed by atoms with Crippen molar-refractivity contribution in [3.05, 3.63) is 53.3 Å². The van der Waals surface area contributed by atoms with Crippen LogP contribution in [0.15, 0.2) is 36.5 Å². The number of para-hydroxylation sites is 1. The second kappa shape index (κ2) is 6.19. The van der Waals surface area contributed by atoms with Gasteiger partial charge < -0.3 is 10.4 Å². The lowest BCUT2D eigenvalue weighted by molar-refractivity contribution is 0.0690. The Labute approximate surface area is 118 Å². The molecule has 1 aromatic heterocycles. The minimum atomic E-state index is -1.02. The molecule has 0 aliphatic carbocycles. The molecule has 0 saturated carbocycles. The highest BCUT2D eigenvalue weighted by molar-refractivity contribution is 5.86. The van der Waals surface area contributed by atoms with Gasteiger partial charge in [-0.1, -0.05) is 32.0 Å². The number of aromatic nitrogens is 1. The predicted octanol–water partition coefficient (Wildman–Crippen LogP) is 3.65. The Bertz CT molecular complexity index is 601. The van der Waals surface area contributed by atoms with Crippen molar-refractivity contribution in [3.63, 3.8) is 0 Å². The molecule has 0 radical (unpaired) electrons. The molecule has 1 aromatic carbocycles. The molecule has 0 unspecified atom stereocenters. The van der Waals surface area contributed by atoms with E-state index in [1.165, 1.54) is 17.3 Å². The van der Waals surface area contributed by atoms with Crippen molar-refractivity contribution in [2.45, 2.75) is 26.7 Å². The van der Waals surface area contributed by atoms with Crippen LogP contribution in [0, 0.1) is 0 Å². The predicted molar refractivity (Wildman–Crippen MR) is 79.7 cm³/mol. The molecule has 4 heteroatoms. The summed E-state index contributed by atoms with van der Waals surface area (Å²) in [5.74, 6) is -1.02. The first kappa shape index (κ1) is 14.1. The Hall–Kier alpha value is -2.36. The van der Waals surface area contributed by atoms with Crippen molar-refractivity contribution < 1.29 is 9.90 Å². The van der Waals surface area contributed by atoms with Crippen LogP contribution in [0.2, 0.25) is 0 Å². The van der Waals surface area contributed by atoms with E-state index in [9.17, 15) is 4.79 Å². The van der Waals surface area contributed by atoms with Crippen LogP contribution in [0.4, 0.5) is 11.4 Å². The van der Waals surface area contributed by atoms with Crippen LogP contribution in [-0.4, -0.2) is 16.1 Å². The molecule has 0 spiro atoms. The fraction of sp³-hybridized carbons (Fsp3) is 0.250. The summed E-state index contributed by atoms with van der Waals surface area (Å²) in [4.78, 5) is 14.8. The largest absolute Gasteiger partial charge is 0.477 e. The number of carbonyl (C=O) groups is 1. The number of nitrogens with one attached hydrogen (secondary N) is 1. The van der Waals surface area contributed by atoms with Crippen molar-refractivity contribution in [3.8, 4) is 0 Å². The first-order valence-electron chi connectivity index (χ1n) is 6.72. The average Bonchev–Trinajstić information content (AvgIpc) is 2.47. The molecule has 0 saturated heterocycles. The van der Waals surface area contributed by atoms with Gasteiger partial charge in [-0.3, -0.25) is 0 Å². The number of carboxylic acid groups (broad SMARTS) is 1. The Morgan fingerprint density at radius 3 is 2.40 bits per heavy atom. The highest BCUT2D eigenvalue weighted by Gasteiger charge is 2.09. The van der Waals surface area contributed by atoms with E-state index in [4.69, 9.17) is 5.11 Å². The number of benzene rings is 1. The summed E-state index contributed by atoms with van der Waals surface area (Å²) >= 11 is 0. The van der Waals surface area contributed by atoms with Crippen molar-refractivity contribution in [2.75, 3.05) is 5.32 Å². The number of aromatic carboxylic acids is 1. The minimum Gasteiger partial charge on any atom is -0.477 e. The standard InChI is InChI=1S/C16H18N2O2/c1-3-11-6-5-7-12(4-2)15(11)18-13-8-9-17-14(10-13)16(19)20/h5-10H,3-4H2,1-2H3,(H,17,18)(H,19,20). The van der Waals surface area contributed by atoms with E-state index in [1.54, 1.807) is 12.1 Å². The number of nitrogens with zero attached hydrogens (tertiary/aromatic N) is 1. The lowest BCUT2D eigenvalue weighted by Crippen LogP contribution is -2.03. The lowest BCUT2D eigenvalue weighted by atomic mass is 10.0. The number of hydrogen-bond donors (Lipinski definition) is 2. The number of anilines is 2. The summed E-state index contributed by atoms with van der Waals surface area (Å²) in [6.07, 6.45) is 3.35. The zero-order valence-electron chi connectivity index (χ0n) is 11.7. The Morgan fingerprint density at radius 2 is 1.85 bits per heavy atom. The molecule has 0 amide bonds. The molecule has 2 N–H and O–H groups in total. The van der Waals surface area contributed by atoms with E-state index in [0.29, 0.717) is 0 Å². The summed E-state index contributed by atoms with van der Waals surface area (Å²) in [5.41, 5.74) is 4.30. The Balaban J connectivity index is 2.39. The summed E-state index contributed by atoms with van der Waals surface area (Å²) in [5, 5.41) is 12.3. The first-order chi connectivity index (χ1) is 9.65. The van der Waals surface area contributed by atoms with E-state index >= 15 is 0 Å². The number of hydrogen-bond acceptors (Lipinski definition) is 3. The van der Waals surface area contributed by atoms with Crippen LogP contribution in [0.1, 0.15) is 35.5 Å². The molecule has 0 fully saturated rings. The van der Waals surface area contributed by atoms with E-state index < -0.39 is 5.97 Å². The quantitative estimate of drug-likeness (QED) is 0.870. The van der Waals surface area contributed by atoms with Gasteiger partial charge in [0, 0.05) is 17.6 Å². The molecule has 1 heterocycles. The van der Waals surface area contributed by atoms with Gasteiger partial charge in [-0.25, -0.2) is 9.78 Å². The van der Waals surface area contributed by atoms with E-state index in [2.05, 4.69) is 42.3 Å². The smallest absolute Gasteiger partial charge is 0.354 e. The monoisotopic (exact) mass is 270 g/mol. The highest BCUT2D eigenvalue weighted by Crippen LogP contribution is 2.26. The normalized spacial score (nSPS) is 10.3. The third kappa shape index (κ3) is 2.96. The zero-order valence-corrected chi connectivity index (χ0v) is 11.7. The SMILES string of the molecule is CCc1cccc(CC)c1Nc1ccnc(C(=O)O)c1. The topological polar surface area (TPSA) is 62.2 Å². The summed E-state index contributed by atoms with van der Waals surface area (Å²) in [6, 6.07) is 9.55. The third-order valence-electron chi connectivity index (χ3n) is 3.25. The molecule has 104 valence electrons. The number of rotatable bonds is 5. The van der Waals surface area contributed by atoms with Gasteiger partial charge >= 0.3 is 5.97 Å². The second-order valence-corrected chi connectivity index (χ2v) is 4.52. The van der Waals surface area contributed by atoms with Crippen molar-refractivity contribution >= 4 is 17.3 Å². The summed E-state index contributed by atoms with van der Waals surface area (Å²) in [6.45, 7) is 4.21. The van der Waals surface area contributed by atoms with Crippen LogP contribution >= 0.6 is 0 Å². The van der Waals surface area contributed by atoms with Gasteiger partial charge in [-0.05, 0) is 36.1 Å². The van der Waals surface area contributed by atoms with E-state index in [1.807, 2.05) is 0 Å². The van der Waals surface area contributed by atoms with E-state index in [0.717, 1.165) is 24.2 Å². The van der Waals surface area contributed by atoms with Gasteiger partial charge in [0.25, 0.3) is 0 Å². The molecule has 20 heavy (non-hydrogen) atoms. The van der Waals surface area contributed by atoms with Gasteiger partial charge in [0.15, 0.2) is 0 Å². The first-order valence-corrected chi connectivity index (χ1v) is 6.72. The average molecular weight is 270 g/mol. The molecule has 4 nitrogen and oxygen atoms in total. The molecule has 0 aliphatic rings. The van der Waals surface area contributed by atoms with Crippen LogP contribution in [0.25, 0.3) is 0 Å². The summed E-state index contributed by atoms with van der Waals surface area (Å²) in [7, 11) is 0. The molecule has 2 rings (SSSR count). The maximum Gasteiger partial charge on any atom is 0.354 e. The van der Waals surface area contributed by atoms with Crippen LogP contribution in [0.3, 0.4) is 0 Å². The van der Waals surface area contributed by atoms with Crippen molar-refractivity contribution in [1.29, 1.82) is 0 Å². The maximum atomic E-state index is 11.0. The minimum absolute atomic E-state index is 0.0435. The fourth-order valence-electron chi connectivity index (χ4n) is 2.17. The molecular weight excluding hydrogens is 252 g/mol. The second-order valence-electron chi connectivity index (χ2n) is 4.52. The summed E-state index contributed by atoms with van der Waals surface area (Å²) < 4.78 is 0. The highest BCUT2D eigenvalue weighted by atomic mass is 16.4. The third-order valence-corrected chi connectivity index (χ3v) is 3.25.